The molecule has 20 heavy (non-hydrogen) atoms. The van der Waals surface area contributed by atoms with Crippen LogP contribution < -0.4 is 4.90 Å². The Morgan fingerprint density at radius 3 is 2.85 bits per heavy atom. The van der Waals surface area contributed by atoms with Crippen LogP contribution in [0.4, 0.5) is 5.82 Å². The Balaban J connectivity index is 2.13. The molecule has 1 aliphatic rings. The molecule has 2 heterocycles. The first-order valence-corrected chi connectivity index (χ1v) is 8.69. The molecule has 1 aromatic rings. The van der Waals surface area contributed by atoms with Crippen LogP contribution in [0.15, 0.2) is 18.2 Å². The highest BCUT2D eigenvalue weighted by molar-refractivity contribution is 7.89. The summed E-state index contributed by atoms with van der Waals surface area (Å²) in [7, 11) is -1.43. The van der Waals surface area contributed by atoms with Gasteiger partial charge in [0.15, 0.2) is 0 Å². The fourth-order valence-corrected chi connectivity index (χ4v) is 3.63. The lowest BCUT2D eigenvalue weighted by molar-refractivity contribution is 0.320. The van der Waals surface area contributed by atoms with E-state index in [4.69, 9.17) is 0 Å². The highest BCUT2D eigenvalue weighted by Crippen LogP contribution is 2.22. The van der Waals surface area contributed by atoms with Crippen LogP contribution in [0.1, 0.15) is 25.5 Å². The standard InChI is InChI=1S/C14H23N3O2S/c1-4-20(18,19)16(3)13-8-6-10-17(11-13)14-9-5-7-12(2)15-14/h5,7,9,13H,4,6,8,10-11H2,1-3H3. The van der Waals surface area contributed by atoms with E-state index >= 15 is 0 Å². The van der Waals surface area contributed by atoms with Crippen molar-refractivity contribution < 1.29 is 8.42 Å². The molecule has 1 saturated heterocycles. The Kier molecular flexibility index (Phi) is 4.65. The van der Waals surface area contributed by atoms with Crippen molar-refractivity contribution >= 4 is 15.8 Å². The number of anilines is 1. The predicted octanol–water partition coefficient (Wildman–Crippen LogP) is 1.64. The zero-order chi connectivity index (χ0) is 14.8. The van der Waals surface area contributed by atoms with Crippen LogP contribution >= 0.6 is 0 Å². The molecule has 0 spiro atoms. The second kappa shape index (κ2) is 6.10. The fourth-order valence-electron chi connectivity index (χ4n) is 2.60. The lowest BCUT2D eigenvalue weighted by Crippen LogP contribution is -2.49. The molecule has 0 radical (unpaired) electrons. The molecule has 0 amide bonds. The van der Waals surface area contributed by atoms with E-state index in [1.165, 1.54) is 4.31 Å². The normalized spacial score (nSPS) is 20.4. The van der Waals surface area contributed by atoms with Gasteiger partial charge in [0.25, 0.3) is 0 Å². The monoisotopic (exact) mass is 297 g/mol. The van der Waals surface area contributed by atoms with E-state index in [-0.39, 0.29) is 11.8 Å². The van der Waals surface area contributed by atoms with Gasteiger partial charge in [-0.15, -0.1) is 0 Å². The number of rotatable bonds is 4. The SMILES string of the molecule is CCS(=O)(=O)N(C)C1CCCN(c2cccc(C)n2)C1. The molecule has 5 nitrogen and oxygen atoms in total. The lowest BCUT2D eigenvalue weighted by Gasteiger charge is -2.37. The third-order valence-electron chi connectivity index (χ3n) is 3.91. The highest BCUT2D eigenvalue weighted by Gasteiger charge is 2.29. The molecule has 112 valence electrons. The summed E-state index contributed by atoms with van der Waals surface area (Å²) in [5.74, 6) is 1.10. The average molecular weight is 297 g/mol. The van der Waals surface area contributed by atoms with Gasteiger partial charge in [-0.25, -0.2) is 17.7 Å². The van der Waals surface area contributed by atoms with Crippen molar-refractivity contribution in [1.29, 1.82) is 0 Å². The van der Waals surface area contributed by atoms with Crippen LogP contribution in [0.5, 0.6) is 0 Å². The van der Waals surface area contributed by atoms with Gasteiger partial charge in [0.1, 0.15) is 5.82 Å². The highest BCUT2D eigenvalue weighted by atomic mass is 32.2. The van der Waals surface area contributed by atoms with E-state index < -0.39 is 10.0 Å². The Morgan fingerprint density at radius 1 is 1.45 bits per heavy atom. The summed E-state index contributed by atoms with van der Waals surface area (Å²) >= 11 is 0. The third kappa shape index (κ3) is 3.30. The minimum atomic E-state index is -3.13. The number of aromatic nitrogens is 1. The van der Waals surface area contributed by atoms with Crippen molar-refractivity contribution in [3.05, 3.63) is 23.9 Å². The van der Waals surface area contributed by atoms with E-state index in [0.29, 0.717) is 6.54 Å². The average Bonchev–Trinajstić information content (AvgIpc) is 2.46. The summed E-state index contributed by atoms with van der Waals surface area (Å²) in [6.45, 7) is 5.31. The van der Waals surface area contributed by atoms with Crippen molar-refractivity contribution in [2.45, 2.75) is 32.7 Å². The smallest absolute Gasteiger partial charge is 0.213 e. The molecule has 2 rings (SSSR count). The van der Waals surface area contributed by atoms with Crippen molar-refractivity contribution in [1.82, 2.24) is 9.29 Å². The van der Waals surface area contributed by atoms with E-state index in [2.05, 4.69) is 9.88 Å². The molecule has 1 atom stereocenters. The largest absolute Gasteiger partial charge is 0.355 e. The Hall–Kier alpha value is -1.14. The Labute approximate surface area is 121 Å². The maximum absolute atomic E-state index is 12.0. The molecule has 0 saturated carbocycles. The number of likely N-dealkylation sites (N-methyl/N-ethyl adjacent to an activating group) is 1. The number of hydrogen-bond acceptors (Lipinski definition) is 4. The molecule has 0 N–H and O–H groups in total. The maximum atomic E-state index is 12.0. The molecule has 1 unspecified atom stereocenters. The topological polar surface area (TPSA) is 53.5 Å². The number of sulfonamides is 1. The van der Waals surface area contributed by atoms with Gasteiger partial charge in [-0.1, -0.05) is 6.07 Å². The molecule has 1 fully saturated rings. The molecule has 1 aromatic heterocycles. The van der Waals surface area contributed by atoms with Gasteiger partial charge in [-0.05, 0) is 38.8 Å². The van der Waals surface area contributed by atoms with Gasteiger partial charge in [-0.3, -0.25) is 0 Å². The zero-order valence-electron chi connectivity index (χ0n) is 12.4. The van der Waals surface area contributed by atoms with Crippen molar-refractivity contribution in [3.8, 4) is 0 Å². The van der Waals surface area contributed by atoms with Crippen molar-refractivity contribution in [2.24, 2.45) is 0 Å². The second-order valence-corrected chi connectivity index (χ2v) is 7.61. The quantitative estimate of drug-likeness (QED) is 0.848. The summed E-state index contributed by atoms with van der Waals surface area (Å²) < 4.78 is 25.5. The van der Waals surface area contributed by atoms with E-state index in [9.17, 15) is 8.42 Å². The summed E-state index contributed by atoms with van der Waals surface area (Å²) in [5.41, 5.74) is 0.985. The van der Waals surface area contributed by atoms with Crippen LogP contribution in [-0.2, 0) is 10.0 Å². The summed E-state index contributed by atoms with van der Waals surface area (Å²) in [6, 6.07) is 5.99. The van der Waals surface area contributed by atoms with E-state index in [1.807, 2.05) is 25.1 Å². The minimum absolute atomic E-state index is 0.0380. The Bertz CT molecular complexity index is 559. The molecular formula is C14H23N3O2S. The van der Waals surface area contributed by atoms with Crippen LogP contribution in [0.3, 0.4) is 0 Å². The molecule has 0 aromatic carbocycles. The summed E-state index contributed by atoms with van der Waals surface area (Å²) in [4.78, 5) is 6.71. The third-order valence-corrected chi connectivity index (χ3v) is 5.82. The molecule has 0 bridgehead atoms. The molecular weight excluding hydrogens is 274 g/mol. The van der Waals surface area contributed by atoms with Crippen LogP contribution in [0.2, 0.25) is 0 Å². The van der Waals surface area contributed by atoms with Crippen molar-refractivity contribution in [3.63, 3.8) is 0 Å². The van der Waals surface area contributed by atoms with Crippen LogP contribution in [0, 0.1) is 6.92 Å². The molecule has 0 aliphatic carbocycles. The predicted molar refractivity (Wildman–Crippen MR) is 81.4 cm³/mol. The van der Waals surface area contributed by atoms with Gasteiger partial charge in [-0.2, -0.15) is 0 Å². The maximum Gasteiger partial charge on any atom is 0.213 e. The first-order chi connectivity index (χ1) is 9.44. The van der Waals surface area contributed by atoms with E-state index in [1.54, 1.807) is 14.0 Å². The number of hydrogen-bond donors (Lipinski definition) is 0. The van der Waals surface area contributed by atoms with Crippen LogP contribution in [0.25, 0.3) is 0 Å². The number of pyridine rings is 1. The number of aryl methyl sites for hydroxylation is 1. The summed E-state index contributed by atoms with van der Waals surface area (Å²) in [6.07, 6.45) is 1.90. The van der Waals surface area contributed by atoms with Gasteiger partial charge < -0.3 is 4.90 Å². The molecule has 1 aliphatic heterocycles. The van der Waals surface area contributed by atoms with Crippen molar-refractivity contribution in [2.75, 3.05) is 30.8 Å². The van der Waals surface area contributed by atoms with Crippen LogP contribution in [-0.4, -0.2) is 49.6 Å². The van der Waals surface area contributed by atoms with Gasteiger partial charge >= 0.3 is 0 Å². The fraction of sp³-hybridized carbons (Fsp3) is 0.643. The van der Waals surface area contributed by atoms with Gasteiger partial charge in [0, 0.05) is 31.9 Å². The second-order valence-electron chi connectivity index (χ2n) is 5.30. The number of piperidine rings is 1. The molecule has 6 heteroatoms. The lowest BCUT2D eigenvalue weighted by atomic mass is 10.1. The first kappa shape index (κ1) is 15.3. The number of nitrogens with zero attached hydrogens (tertiary/aromatic N) is 3. The summed E-state index contributed by atoms with van der Waals surface area (Å²) in [5, 5.41) is 0. The Morgan fingerprint density at radius 2 is 2.20 bits per heavy atom. The van der Waals surface area contributed by atoms with Gasteiger partial charge in [0.05, 0.1) is 5.75 Å². The van der Waals surface area contributed by atoms with Gasteiger partial charge in [0.2, 0.25) is 10.0 Å². The zero-order valence-corrected chi connectivity index (χ0v) is 13.2. The first-order valence-electron chi connectivity index (χ1n) is 7.08. The van der Waals surface area contributed by atoms with E-state index in [0.717, 1.165) is 30.9 Å². The minimum Gasteiger partial charge on any atom is -0.355 e.